The maximum atomic E-state index is 10.2. The first-order chi connectivity index (χ1) is 12.3. The number of amidine groups is 1. The number of aliphatic hydroxyl groups is 1. The van der Waals surface area contributed by atoms with Crippen LogP contribution in [0.3, 0.4) is 0 Å². The van der Waals surface area contributed by atoms with E-state index in [2.05, 4.69) is 51.2 Å². The SMILES string of the molecule is CC(C)c1cccc(C(C)C)c1NC(=N)ON1C(C)(C)CC(O)CC1(C)C. The second kappa shape index (κ2) is 7.80. The van der Waals surface area contributed by atoms with Crippen molar-refractivity contribution in [3.05, 3.63) is 29.3 Å². The first-order valence-corrected chi connectivity index (χ1v) is 10.00. The van der Waals surface area contributed by atoms with Crippen molar-refractivity contribution in [3.8, 4) is 0 Å². The molecule has 1 aliphatic rings. The van der Waals surface area contributed by atoms with Crippen LogP contribution in [-0.2, 0) is 4.84 Å². The minimum absolute atomic E-state index is 0.0162. The highest BCUT2D eigenvalue weighted by atomic mass is 16.7. The molecule has 0 radical (unpaired) electrons. The van der Waals surface area contributed by atoms with Crippen molar-refractivity contribution < 1.29 is 9.94 Å². The number of hydrogen-bond donors (Lipinski definition) is 3. The lowest BCUT2D eigenvalue weighted by molar-refractivity contribution is -0.244. The van der Waals surface area contributed by atoms with Gasteiger partial charge in [-0.25, -0.2) is 5.41 Å². The molecule has 0 saturated carbocycles. The fourth-order valence-electron chi connectivity index (χ4n) is 4.38. The quantitative estimate of drug-likeness (QED) is 0.498. The number of benzene rings is 1. The largest absolute Gasteiger partial charge is 0.393 e. The second-order valence-corrected chi connectivity index (χ2v) is 9.65. The van der Waals surface area contributed by atoms with Gasteiger partial charge in [-0.15, -0.1) is 5.06 Å². The summed E-state index contributed by atoms with van der Waals surface area (Å²) < 4.78 is 0. The number of anilines is 1. The van der Waals surface area contributed by atoms with Crippen LogP contribution in [0.4, 0.5) is 5.69 Å². The maximum Gasteiger partial charge on any atom is 0.306 e. The van der Waals surface area contributed by atoms with Crippen LogP contribution in [-0.4, -0.2) is 33.4 Å². The fourth-order valence-corrected chi connectivity index (χ4v) is 4.38. The van der Waals surface area contributed by atoms with Crippen LogP contribution in [0.2, 0.25) is 0 Å². The van der Waals surface area contributed by atoms with Crippen LogP contribution in [0.15, 0.2) is 18.2 Å². The number of nitrogens with zero attached hydrogens (tertiary/aromatic N) is 1. The van der Waals surface area contributed by atoms with Gasteiger partial charge in [0.2, 0.25) is 0 Å². The number of piperidine rings is 1. The van der Waals surface area contributed by atoms with Crippen molar-refractivity contribution in [1.82, 2.24) is 5.06 Å². The van der Waals surface area contributed by atoms with E-state index in [0.29, 0.717) is 24.7 Å². The molecule has 1 saturated heterocycles. The molecule has 3 N–H and O–H groups in total. The van der Waals surface area contributed by atoms with E-state index in [9.17, 15) is 5.11 Å². The van der Waals surface area contributed by atoms with Crippen molar-refractivity contribution in [2.24, 2.45) is 0 Å². The molecule has 0 atom stereocenters. The van der Waals surface area contributed by atoms with Crippen molar-refractivity contribution in [3.63, 3.8) is 0 Å². The van der Waals surface area contributed by atoms with E-state index >= 15 is 0 Å². The van der Waals surface area contributed by atoms with Gasteiger partial charge in [-0.2, -0.15) is 0 Å². The van der Waals surface area contributed by atoms with Crippen molar-refractivity contribution >= 4 is 11.7 Å². The third kappa shape index (κ3) is 4.82. The third-order valence-corrected chi connectivity index (χ3v) is 5.36. The summed E-state index contributed by atoms with van der Waals surface area (Å²) in [6, 6.07) is 6.31. The lowest BCUT2D eigenvalue weighted by atomic mass is 9.80. The van der Waals surface area contributed by atoms with Gasteiger partial charge in [0, 0.05) is 5.69 Å². The number of hydroxylamine groups is 2. The summed E-state index contributed by atoms with van der Waals surface area (Å²) in [5.41, 5.74) is 2.60. The highest BCUT2D eigenvalue weighted by Gasteiger charge is 2.47. The van der Waals surface area contributed by atoms with E-state index in [-0.39, 0.29) is 23.2 Å². The number of aliphatic hydroxyl groups excluding tert-OH is 1. The Morgan fingerprint density at radius 3 is 1.93 bits per heavy atom. The van der Waals surface area contributed by atoms with E-state index in [0.717, 1.165) is 5.69 Å². The van der Waals surface area contributed by atoms with E-state index in [1.165, 1.54) is 11.1 Å². The number of para-hydroxylation sites is 1. The van der Waals surface area contributed by atoms with Gasteiger partial charge in [0.25, 0.3) is 0 Å². The summed E-state index contributed by atoms with van der Waals surface area (Å²) in [6.07, 6.45) is 0.874. The summed E-state index contributed by atoms with van der Waals surface area (Å²) in [5.74, 6) is 0.689. The van der Waals surface area contributed by atoms with Crippen LogP contribution in [0, 0.1) is 5.41 Å². The topological polar surface area (TPSA) is 68.6 Å². The summed E-state index contributed by atoms with van der Waals surface area (Å²) in [6.45, 7) is 16.8. The summed E-state index contributed by atoms with van der Waals surface area (Å²) >= 11 is 0. The van der Waals surface area contributed by atoms with Crippen LogP contribution in [0.1, 0.15) is 91.2 Å². The zero-order valence-corrected chi connectivity index (χ0v) is 18.2. The number of nitrogens with one attached hydrogen (secondary N) is 2. The van der Waals surface area contributed by atoms with Crippen molar-refractivity contribution in [2.45, 2.75) is 97.2 Å². The molecule has 1 fully saturated rings. The molecular weight excluding hydrogens is 338 g/mol. The molecule has 27 heavy (non-hydrogen) atoms. The maximum absolute atomic E-state index is 10.2. The molecule has 5 heteroatoms. The molecule has 5 nitrogen and oxygen atoms in total. The first kappa shape index (κ1) is 21.7. The molecule has 1 aliphatic heterocycles. The Hall–Kier alpha value is -1.59. The Labute approximate surface area is 164 Å². The van der Waals surface area contributed by atoms with E-state index in [1.54, 1.807) is 0 Å². The van der Waals surface area contributed by atoms with Gasteiger partial charge in [-0.05, 0) is 63.5 Å². The molecule has 0 amide bonds. The van der Waals surface area contributed by atoms with Gasteiger partial charge >= 0.3 is 6.02 Å². The zero-order valence-electron chi connectivity index (χ0n) is 18.2. The van der Waals surface area contributed by atoms with Crippen LogP contribution < -0.4 is 5.32 Å². The van der Waals surface area contributed by atoms with Crippen LogP contribution >= 0.6 is 0 Å². The lowest BCUT2D eigenvalue weighted by Crippen LogP contribution is -2.62. The highest BCUT2D eigenvalue weighted by Crippen LogP contribution is 2.39. The minimum atomic E-state index is -0.367. The molecule has 1 heterocycles. The molecule has 0 spiro atoms. The summed E-state index contributed by atoms with van der Waals surface area (Å²) in [4.78, 5) is 6.04. The van der Waals surface area contributed by atoms with Crippen molar-refractivity contribution in [2.75, 3.05) is 5.32 Å². The highest BCUT2D eigenvalue weighted by molar-refractivity contribution is 5.88. The fraction of sp³-hybridized carbons (Fsp3) is 0.682. The van der Waals surface area contributed by atoms with Gasteiger partial charge < -0.3 is 15.3 Å². The standard InChI is InChI=1S/C22H37N3O2/c1-14(2)17-10-9-11-18(15(3)4)19(17)24-20(23)27-25-21(5,6)12-16(26)13-22(25,7)8/h9-11,14-16,26H,12-13H2,1-8H3,(H2,23,24). The molecule has 0 aromatic heterocycles. The molecule has 1 aromatic rings. The van der Waals surface area contributed by atoms with Gasteiger partial charge in [-0.3, -0.25) is 0 Å². The Balaban J connectivity index is 2.28. The Morgan fingerprint density at radius 2 is 1.52 bits per heavy atom. The van der Waals surface area contributed by atoms with Gasteiger partial charge in [0.1, 0.15) is 0 Å². The van der Waals surface area contributed by atoms with E-state index in [1.807, 2.05) is 32.8 Å². The Morgan fingerprint density at radius 1 is 1.07 bits per heavy atom. The lowest BCUT2D eigenvalue weighted by Gasteiger charge is -2.52. The normalized spacial score (nSPS) is 20.1. The Kier molecular flexibility index (Phi) is 6.27. The van der Waals surface area contributed by atoms with E-state index < -0.39 is 0 Å². The zero-order chi connectivity index (χ0) is 20.6. The van der Waals surface area contributed by atoms with Gasteiger partial charge in [-0.1, -0.05) is 45.9 Å². The predicted octanol–water partition coefficient (Wildman–Crippen LogP) is 5.23. The average Bonchev–Trinajstić information content (AvgIpc) is 2.49. The number of hydrogen-bond acceptors (Lipinski definition) is 4. The predicted molar refractivity (Wildman–Crippen MR) is 112 cm³/mol. The first-order valence-electron chi connectivity index (χ1n) is 10.00. The van der Waals surface area contributed by atoms with E-state index in [4.69, 9.17) is 10.2 Å². The Bertz CT molecular complexity index is 636. The molecule has 152 valence electrons. The smallest absolute Gasteiger partial charge is 0.306 e. The second-order valence-electron chi connectivity index (χ2n) is 9.65. The minimum Gasteiger partial charge on any atom is -0.393 e. The average molecular weight is 376 g/mol. The molecule has 0 unspecified atom stereocenters. The molecular formula is C22H37N3O2. The molecule has 0 bridgehead atoms. The van der Waals surface area contributed by atoms with Crippen LogP contribution in [0.5, 0.6) is 0 Å². The molecule has 2 rings (SSSR count). The third-order valence-electron chi connectivity index (χ3n) is 5.36. The number of rotatable bonds is 4. The molecule has 1 aromatic carbocycles. The van der Waals surface area contributed by atoms with Crippen molar-refractivity contribution in [1.29, 1.82) is 5.41 Å². The molecule has 0 aliphatic carbocycles. The summed E-state index contributed by atoms with van der Waals surface area (Å²) in [5, 5.41) is 23.8. The van der Waals surface area contributed by atoms with Crippen LogP contribution in [0.25, 0.3) is 0 Å². The van der Waals surface area contributed by atoms with Gasteiger partial charge in [0.15, 0.2) is 0 Å². The summed E-state index contributed by atoms with van der Waals surface area (Å²) in [7, 11) is 0. The monoisotopic (exact) mass is 375 g/mol. The van der Waals surface area contributed by atoms with Gasteiger partial charge in [0.05, 0.1) is 17.2 Å².